The van der Waals surface area contributed by atoms with Gasteiger partial charge in [-0.25, -0.2) is 0 Å². The number of allylic oxidation sites excluding steroid dienone is 1. The minimum absolute atomic E-state index is 0.898. The van der Waals surface area contributed by atoms with Gasteiger partial charge in [0, 0.05) is 6.04 Å². The van der Waals surface area contributed by atoms with Crippen LogP contribution in [0.2, 0.25) is 0 Å². The highest BCUT2D eigenvalue weighted by Gasteiger charge is 2.17. The molecule has 174 valence electrons. The Morgan fingerprint density at radius 3 is 1.80 bits per heavy atom. The van der Waals surface area contributed by atoms with E-state index in [0.29, 0.717) is 0 Å². The van der Waals surface area contributed by atoms with Gasteiger partial charge in [-0.3, -0.25) is 0 Å². The van der Waals surface area contributed by atoms with Gasteiger partial charge in [-0.2, -0.15) is 0 Å². The summed E-state index contributed by atoms with van der Waals surface area (Å²) >= 11 is 0. The number of hydrogen-bond donors (Lipinski definition) is 1. The molecule has 2 saturated heterocycles. The average molecular weight is 418 g/mol. The van der Waals surface area contributed by atoms with Crippen molar-refractivity contribution in [3.05, 3.63) is 54.1 Å². The summed E-state index contributed by atoms with van der Waals surface area (Å²) in [7, 11) is 5.90. The highest BCUT2D eigenvalue weighted by Crippen LogP contribution is 2.16. The van der Waals surface area contributed by atoms with Gasteiger partial charge in [0.2, 0.25) is 0 Å². The number of aryl methyl sites for hydroxylation is 2. The van der Waals surface area contributed by atoms with E-state index in [9.17, 15) is 0 Å². The number of rotatable bonds is 3. The molecule has 0 amide bonds. The fourth-order valence-corrected chi connectivity index (χ4v) is 3.70. The van der Waals surface area contributed by atoms with Crippen LogP contribution in [-0.4, -0.2) is 56.6 Å². The number of nitrogens with two attached hydrogens (primary N) is 1. The molecule has 3 heteroatoms. The molecule has 0 aromatic heterocycles. The lowest BCUT2D eigenvalue weighted by molar-refractivity contribution is 0.304. The number of likely N-dealkylation sites (tertiary alicyclic amines) is 2. The molecular weight excluding hydrogens is 366 g/mol. The average Bonchev–Trinajstić information content (AvgIpc) is 3.42. The smallest absolute Gasteiger partial charge is 0.00900 e. The quantitative estimate of drug-likeness (QED) is 0.585. The zero-order chi connectivity index (χ0) is 23.4. The summed E-state index contributed by atoms with van der Waals surface area (Å²) in [5.41, 5.74) is 8.60. The molecule has 30 heavy (non-hydrogen) atoms. The largest absolute Gasteiger partial charge is 0.333 e. The van der Waals surface area contributed by atoms with E-state index in [4.69, 9.17) is 0 Å². The monoisotopic (exact) mass is 417 g/mol. The second-order valence-electron chi connectivity index (χ2n) is 7.81. The summed E-state index contributed by atoms with van der Waals surface area (Å²) in [5, 5.41) is 0. The molecule has 2 aliphatic heterocycles. The fourth-order valence-electron chi connectivity index (χ4n) is 3.70. The summed E-state index contributed by atoms with van der Waals surface area (Å²) in [4.78, 5) is 4.82. The lowest BCUT2D eigenvalue weighted by atomic mass is 10.0. The minimum Gasteiger partial charge on any atom is -0.333 e. The molecule has 1 aromatic carbocycles. The summed E-state index contributed by atoms with van der Waals surface area (Å²) < 4.78 is 0. The van der Waals surface area contributed by atoms with Crippen molar-refractivity contribution >= 4 is 6.08 Å². The van der Waals surface area contributed by atoms with E-state index in [1.165, 1.54) is 75.5 Å². The van der Waals surface area contributed by atoms with Gasteiger partial charge in [0.1, 0.15) is 0 Å². The fraction of sp³-hybridized carbons (Fsp3) is 0.630. The third kappa shape index (κ3) is 13.7. The number of hydrogen-bond acceptors (Lipinski definition) is 3. The highest BCUT2D eigenvalue weighted by atomic mass is 15.1. The van der Waals surface area contributed by atoms with Crippen molar-refractivity contribution in [1.82, 2.24) is 9.80 Å². The standard InChI is InChI=1S/C12H16.C7H15N.C5H11N.C2H4.CH5N/c1-4-5-9-12-10(2)7-6-8-11(12)3;1-3-7-5-4-6-8(7)2;1-6-4-2-3-5-6;2*1-2/h5-9H,4H2,1-3H3;7H,3-6H2,1-2H3;2-5H2,1H3;1-2H2;2H2,1H3/b9-5+;;;;. The van der Waals surface area contributed by atoms with Crippen LogP contribution >= 0.6 is 0 Å². The Labute approximate surface area is 189 Å². The van der Waals surface area contributed by atoms with E-state index in [1.54, 1.807) is 0 Å². The molecule has 0 saturated carbocycles. The van der Waals surface area contributed by atoms with Crippen LogP contribution in [0.15, 0.2) is 37.4 Å². The summed E-state index contributed by atoms with van der Waals surface area (Å²) in [5.74, 6) is 0. The molecule has 2 N–H and O–H groups in total. The van der Waals surface area contributed by atoms with Crippen LogP contribution in [0.25, 0.3) is 6.08 Å². The molecule has 3 nitrogen and oxygen atoms in total. The first-order valence-electron chi connectivity index (χ1n) is 11.7. The topological polar surface area (TPSA) is 32.5 Å². The molecule has 1 atom stereocenters. The molecule has 3 rings (SSSR count). The highest BCUT2D eigenvalue weighted by molar-refractivity contribution is 5.57. The van der Waals surface area contributed by atoms with Crippen molar-refractivity contribution in [2.75, 3.05) is 40.8 Å². The maximum absolute atomic E-state index is 4.50. The molecule has 0 bridgehead atoms. The normalized spacial score (nSPS) is 18.2. The first-order valence-corrected chi connectivity index (χ1v) is 11.7. The lowest BCUT2D eigenvalue weighted by Crippen LogP contribution is -2.23. The van der Waals surface area contributed by atoms with E-state index >= 15 is 0 Å². The van der Waals surface area contributed by atoms with Crippen LogP contribution in [0.3, 0.4) is 0 Å². The SMILES string of the molecule is C=C.CC/C=C/c1c(C)cccc1C.CCC1CCCN1C.CN.CN1CCCC1. The van der Waals surface area contributed by atoms with Gasteiger partial charge in [-0.15, -0.1) is 13.2 Å². The molecule has 0 aliphatic carbocycles. The van der Waals surface area contributed by atoms with E-state index in [2.05, 4.69) is 101 Å². The van der Waals surface area contributed by atoms with Gasteiger partial charge in [-0.05, 0) is 110 Å². The number of benzene rings is 1. The Morgan fingerprint density at radius 1 is 0.967 bits per heavy atom. The van der Waals surface area contributed by atoms with Crippen LogP contribution in [0.1, 0.15) is 69.1 Å². The summed E-state index contributed by atoms with van der Waals surface area (Å²) in [6.45, 7) is 18.7. The Balaban J connectivity index is 0. The van der Waals surface area contributed by atoms with Crippen LogP contribution < -0.4 is 5.73 Å². The first kappa shape index (κ1) is 30.8. The molecule has 0 radical (unpaired) electrons. The van der Waals surface area contributed by atoms with Gasteiger partial charge in [0.05, 0.1) is 0 Å². The van der Waals surface area contributed by atoms with Crippen LogP contribution in [-0.2, 0) is 0 Å². The third-order valence-corrected chi connectivity index (χ3v) is 5.53. The molecule has 2 fully saturated rings. The minimum atomic E-state index is 0.898. The Bertz CT molecular complexity index is 513. The van der Waals surface area contributed by atoms with E-state index < -0.39 is 0 Å². The van der Waals surface area contributed by atoms with Gasteiger partial charge < -0.3 is 15.5 Å². The molecule has 0 spiro atoms. The van der Waals surface area contributed by atoms with Crippen molar-refractivity contribution in [2.24, 2.45) is 5.73 Å². The zero-order valence-electron chi connectivity index (χ0n) is 21.2. The molecular formula is C27H51N3. The molecule has 2 aliphatic rings. The van der Waals surface area contributed by atoms with E-state index in [-0.39, 0.29) is 0 Å². The molecule has 2 heterocycles. The lowest BCUT2D eigenvalue weighted by Gasteiger charge is -2.16. The van der Waals surface area contributed by atoms with Crippen molar-refractivity contribution in [1.29, 1.82) is 0 Å². The van der Waals surface area contributed by atoms with E-state index in [1.807, 2.05) is 0 Å². The second kappa shape index (κ2) is 20.8. The summed E-state index contributed by atoms with van der Waals surface area (Å²) in [6.07, 6.45) is 12.5. The van der Waals surface area contributed by atoms with Crippen LogP contribution in [0, 0.1) is 13.8 Å². The van der Waals surface area contributed by atoms with Crippen molar-refractivity contribution in [2.45, 2.75) is 72.3 Å². The Morgan fingerprint density at radius 2 is 1.50 bits per heavy atom. The van der Waals surface area contributed by atoms with Crippen molar-refractivity contribution in [3.8, 4) is 0 Å². The van der Waals surface area contributed by atoms with Gasteiger partial charge in [0.25, 0.3) is 0 Å². The number of nitrogens with zero attached hydrogens (tertiary/aromatic N) is 2. The molecule has 1 unspecified atom stereocenters. The van der Waals surface area contributed by atoms with Gasteiger partial charge in [0.15, 0.2) is 0 Å². The van der Waals surface area contributed by atoms with Crippen LogP contribution in [0.5, 0.6) is 0 Å². The Kier molecular flexibility index (Phi) is 21.4. The maximum atomic E-state index is 4.50. The van der Waals surface area contributed by atoms with Crippen LogP contribution in [0.4, 0.5) is 0 Å². The maximum Gasteiger partial charge on any atom is 0.00900 e. The first-order chi connectivity index (χ1) is 14.5. The third-order valence-electron chi connectivity index (χ3n) is 5.53. The zero-order valence-corrected chi connectivity index (χ0v) is 21.2. The predicted molar refractivity (Wildman–Crippen MR) is 139 cm³/mol. The van der Waals surface area contributed by atoms with Gasteiger partial charge >= 0.3 is 0 Å². The van der Waals surface area contributed by atoms with Crippen molar-refractivity contribution < 1.29 is 0 Å². The van der Waals surface area contributed by atoms with Crippen molar-refractivity contribution in [3.63, 3.8) is 0 Å². The van der Waals surface area contributed by atoms with Gasteiger partial charge in [-0.1, -0.05) is 44.2 Å². The Hall–Kier alpha value is -1.42. The predicted octanol–water partition coefficient (Wildman–Crippen LogP) is 6.31. The molecule has 1 aromatic rings. The summed E-state index contributed by atoms with van der Waals surface area (Å²) in [6, 6.07) is 7.31. The van der Waals surface area contributed by atoms with E-state index in [0.717, 1.165) is 12.5 Å². The second-order valence-corrected chi connectivity index (χ2v) is 7.81.